The number of thioether (sulfide) groups is 1. The molecule has 0 unspecified atom stereocenters. The average molecular weight is 471 g/mol. The Balaban J connectivity index is 1.47. The van der Waals surface area contributed by atoms with Crippen LogP contribution in [-0.4, -0.2) is 27.6 Å². The van der Waals surface area contributed by atoms with Crippen LogP contribution in [0.25, 0.3) is 0 Å². The predicted octanol–water partition coefficient (Wildman–Crippen LogP) is 5.06. The SMILES string of the molecule is O=C(COc1ccc([N+](=O)[O-])cc1)Nc1nnc(SCc2ccc(Cl)cc2Cl)s1. The monoisotopic (exact) mass is 470 g/mol. The van der Waals surface area contributed by atoms with Crippen molar-refractivity contribution in [3.8, 4) is 5.75 Å². The van der Waals surface area contributed by atoms with Gasteiger partial charge in [0.2, 0.25) is 5.13 Å². The highest BCUT2D eigenvalue weighted by molar-refractivity contribution is 8.00. The van der Waals surface area contributed by atoms with Gasteiger partial charge >= 0.3 is 0 Å². The van der Waals surface area contributed by atoms with Crippen molar-refractivity contribution < 1.29 is 14.5 Å². The number of aromatic nitrogens is 2. The summed E-state index contributed by atoms with van der Waals surface area (Å²) in [5.74, 6) is 0.512. The van der Waals surface area contributed by atoms with E-state index in [1.54, 1.807) is 12.1 Å². The van der Waals surface area contributed by atoms with Crippen LogP contribution < -0.4 is 10.1 Å². The number of nitrogens with one attached hydrogen (secondary N) is 1. The molecule has 0 bridgehead atoms. The van der Waals surface area contributed by atoms with E-state index in [2.05, 4.69) is 15.5 Å². The van der Waals surface area contributed by atoms with Crippen molar-refractivity contribution in [2.24, 2.45) is 0 Å². The molecule has 2 aromatic carbocycles. The molecule has 0 aliphatic rings. The second kappa shape index (κ2) is 9.88. The van der Waals surface area contributed by atoms with Crippen LogP contribution in [-0.2, 0) is 10.5 Å². The van der Waals surface area contributed by atoms with Gasteiger partial charge in [0.25, 0.3) is 11.6 Å². The molecule has 0 saturated carbocycles. The number of hydrogen-bond donors (Lipinski definition) is 1. The molecule has 0 aliphatic heterocycles. The number of anilines is 1. The number of amides is 1. The lowest BCUT2D eigenvalue weighted by Gasteiger charge is -2.05. The fraction of sp³-hybridized carbons (Fsp3) is 0.118. The van der Waals surface area contributed by atoms with Gasteiger partial charge in [0.15, 0.2) is 10.9 Å². The van der Waals surface area contributed by atoms with E-state index in [0.717, 1.165) is 5.56 Å². The minimum absolute atomic E-state index is 0.0550. The van der Waals surface area contributed by atoms with Gasteiger partial charge in [0.1, 0.15) is 5.75 Å². The Bertz CT molecular complexity index is 1030. The van der Waals surface area contributed by atoms with Crippen molar-refractivity contribution >= 4 is 63.0 Å². The van der Waals surface area contributed by atoms with Gasteiger partial charge in [-0.05, 0) is 29.8 Å². The Morgan fingerprint density at radius 2 is 1.97 bits per heavy atom. The molecule has 29 heavy (non-hydrogen) atoms. The van der Waals surface area contributed by atoms with Crippen molar-refractivity contribution in [2.75, 3.05) is 11.9 Å². The van der Waals surface area contributed by atoms with Gasteiger partial charge in [-0.25, -0.2) is 0 Å². The summed E-state index contributed by atoms with van der Waals surface area (Å²) in [6, 6.07) is 10.7. The number of rotatable bonds is 8. The molecular weight excluding hydrogens is 459 g/mol. The van der Waals surface area contributed by atoms with Crippen LogP contribution in [0.1, 0.15) is 5.56 Å². The molecule has 3 rings (SSSR count). The van der Waals surface area contributed by atoms with Crippen LogP contribution in [0.4, 0.5) is 10.8 Å². The first-order valence-corrected chi connectivity index (χ1v) is 10.5. The summed E-state index contributed by atoms with van der Waals surface area (Å²) in [6.07, 6.45) is 0. The van der Waals surface area contributed by atoms with E-state index in [0.29, 0.717) is 31.0 Å². The van der Waals surface area contributed by atoms with Crippen LogP contribution >= 0.6 is 46.3 Å². The average Bonchev–Trinajstić information content (AvgIpc) is 3.13. The van der Waals surface area contributed by atoms with Crippen LogP contribution in [0.5, 0.6) is 5.75 Å². The maximum absolute atomic E-state index is 12.0. The summed E-state index contributed by atoms with van der Waals surface area (Å²) < 4.78 is 5.97. The summed E-state index contributed by atoms with van der Waals surface area (Å²) >= 11 is 14.7. The van der Waals surface area contributed by atoms with E-state index in [1.807, 2.05) is 6.07 Å². The van der Waals surface area contributed by atoms with Crippen LogP contribution in [0.15, 0.2) is 46.8 Å². The van der Waals surface area contributed by atoms with Crippen LogP contribution in [0, 0.1) is 10.1 Å². The highest BCUT2D eigenvalue weighted by Gasteiger charge is 2.11. The maximum atomic E-state index is 12.0. The minimum Gasteiger partial charge on any atom is -0.484 e. The summed E-state index contributed by atoms with van der Waals surface area (Å²) in [6.45, 7) is -0.264. The van der Waals surface area contributed by atoms with E-state index in [-0.39, 0.29) is 12.3 Å². The molecule has 1 aromatic heterocycles. The predicted molar refractivity (Wildman–Crippen MR) is 113 cm³/mol. The molecule has 8 nitrogen and oxygen atoms in total. The van der Waals surface area contributed by atoms with Gasteiger partial charge in [-0.3, -0.25) is 20.2 Å². The Morgan fingerprint density at radius 1 is 1.21 bits per heavy atom. The van der Waals surface area contributed by atoms with Crippen LogP contribution in [0.2, 0.25) is 10.0 Å². The molecule has 1 amide bonds. The molecule has 3 aromatic rings. The second-order valence-corrected chi connectivity index (χ2v) is 8.53. The van der Waals surface area contributed by atoms with E-state index in [9.17, 15) is 14.9 Å². The van der Waals surface area contributed by atoms with Crippen molar-refractivity contribution in [3.05, 3.63) is 68.2 Å². The van der Waals surface area contributed by atoms with Gasteiger partial charge in [-0.15, -0.1) is 10.2 Å². The fourth-order valence-electron chi connectivity index (χ4n) is 2.07. The zero-order chi connectivity index (χ0) is 20.8. The molecule has 12 heteroatoms. The number of carbonyl (C=O) groups is 1. The zero-order valence-electron chi connectivity index (χ0n) is 14.5. The molecule has 0 radical (unpaired) electrons. The van der Waals surface area contributed by atoms with Gasteiger partial charge in [0, 0.05) is 27.9 Å². The number of hydrogen-bond acceptors (Lipinski definition) is 8. The molecular formula is C17H12Cl2N4O4S2. The molecule has 0 spiro atoms. The third-order valence-corrected chi connectivity index (χ3v) is 6.04. The lowest BCUT2D eigenvalue weighted by Crippen LogP contribution is -2.20. The van der Waals surface area contributed by atoms with E-state index >= 15 is 0 Å². The van der Waals surface area contributed by atoms with E-state index in [4.69, 9.17) is 27.9 Å². The maximum Gasteiger partial charge on any atom is 0.269 e. The first kappa shape index (κ1) is 21.3. The highest BCUT2D eigenvalue weighted by atomic mass is 35.5. The van der Waals surface area contributed by atoms with Crippen molar-refractivity contribution in [1.82, 2.24) is 10.2 Å². The number of non-ortho nitro benzene ring substituents is 1. The summed E-state index contributed by atoms with van der Waals surface area (Å²) in [5, 5.41) is 22.6. The first-order chi connectivity index (χ1) is 13.9. The van der Waals surface area contributed by atoms with Gasteiger partial charge < -0.3 is 4.74 Å². The smallest absolute Gasteiger partial charge is 0.269 e. The van der Waals surface area contributed by atoms with Crippen LogP contribution in [0.3, 0.4) is 0 Å². The molecule has 0 atom stereocenters. The number of carbonyl (C=O) groups excluding carboxylic acids is 1. The number of nitro groups is 1. The second-order valence-electron chi connectivity index (χ2n) is 5.49. The van der Waals surface area contributed by atoms with Gasteiger partial charge in [0.05, 0.1) is 4.92 Å². The molecule has 0 aliphatic carbocycles. The summed E-state index contributed by atoms with van der Waals surface area (Å²) in [5.41, 5.74) is 0.860. The Hall–Kier alpha value is -2.40. The Labute approximate surface area is 183 Å². The largest absolute Gasteiger partial charge is 0.484 e. The number of nitro benzene ring substituents is 1. The summed E-state index contributed by atoms with van der Waals surface area (Å²) in [4.78, 5) is 22.1. The third kappa shape index (κ3) is 6.29. The quantitative estimate of drug-likeness (QED) is 0.212. The minimum atomic E-state index is -0.511. The lowest BCUT2D eigenvalue weighted by molar-refractivity contribution is -0.384. The third-order valence-electron chi connectivity index (χ3n) is 3.44. The van der Waals surface area contributed by atoms with E-state index < -0.39 is 10.8 Å². The normalized spacial score (nSPS) is 10.6. The Kier molecular flexibility index (Phi) is 7.26. The van der Waals surface area contributed by atoms with E-state index in [1.165, 1.54) is 47.4 Å². The van der Waals surface area contributed by atoms with Crippen molar-refractivity contribution in [2.45, 2.75) is 10.1 Å². The highest BCUT2D eigenvalue weighted by Crippen LogP contribution is 2.31. The zero-order valence-corrected chi connectivity index (χ0v) is 17.6. The van der Waals surface area contributed by atoms with Crippen molar-refractivity contribution in [1.29, 1.82) is 0 Å². The standard InChI is InChI=1S/C17H12Cl2N4O4S2/c18-11-2-1-10(14(19)7-11)9-28-17-22-21-16(29-17)20-15(24)8-27-13-5-3-12(4-6-13)23(25)26/h1-7H,8-9H2,(H,20,21,24). The number of halogens is 2. The molecule has 150 valence electrons. The topological polar surface area (TPSA) is 107 Å². The molecule has 1 N–H and O–H groups in total. The Morgan fingerprint density at radius 3 is 2.66 bits per heavy atom. The fourth-order valence-corrected chi connectivity index (χ4v) is 4.39. The molecule has 0 fully saturated rings. The molecule has 1 heterocycles. The lowest BCUT2D eigenvalue weighted by atomic mass is 10.2. The number of ether oxygens (including phenoxy) is 1. The van der Waals surface area contributed by atoms with Crippen molar-refractivity contribution in [3.63, 3.8) is 0 Å². The number of nitrogens with zero attached hydrogens (tertiary/aromatic N) is 3. The first-order valence-electron chi connectivity index (χ1n) is 7.98. The molecule has 0 saturated heterocycles. The number of benzene rings is 2. The van der Waals surface area contributed by atoms with Gasteiger partial charge in [-0.1, -0.05) is 52.4 Å². The van der Waals surface area contributed by atoms with Gasteiger partial charge in [-0.2, -0.15) is 0 Å². The summed E-state index contributed by atoms with van der Waals surface area (Å²) in [7, 11) is 0.